The van der Waals surface area contributed by atoms with Crippen LogP contribution in [0.5, 0.6) is 0 Å². The van der Waals surface area contributed by atoms with Crippen molar-refractivity contribution in [1.82, 2.24) is 10.2 Å². The summed E-state index contributed by atoms with van der Waals surface area (Å²) in [7, 11) is 1.87. The molecule has 0 fully saturated rings. The maximum atomic E-state index is 11.9. The number of nitrogens with one attached hydrogen (secondary N) is 1. The summed E-state index contributed by atoms with van der Waals surface area (Å²) < 4.78 is 0. The van der Waals surface area contributed by atoms with Crippen LogP contribution >= 0.6 is 0 Å². The van der Waals surface area contributed by atoms with E-state index >= 15 is 0 Å². The summed E-state index contributed by atoms with van der Waals surface area (Å²) in [6.07, 6.45) is 5.03. The van der Waals surface area contributed by atoms with Crippen molar-refractivity contribution in [2.24, 2.45) is 0 Å². The molecule has 0 unspecified atom stereocenters. The highest BCUT2D eigenvalue weighted by molar-refractivity contribution is 6.42. The van der Waals surface area contributed by atoms with Crippen LogP contribution in [0, 0.1) is 12.3 Å². The number of Topliss-reactive ketones (excluding diaryl/α,β-unsaturated/α-hetero) is 1. The molecule has 0 radical (unpaired) electrons. The van der Waals surface area contributed by atoms with Crippen molar-refractivity contribution in [1.29, 1.82) is 0 Å². The Balaban J connectivity index is 5.16. The summed E-state index contributed by atoms with van der Waals surface area (Å²) in [6, 6.07) is 0. The van der Waals surface area contributed by atoms with Crippen LogP contribution in [0.4, 0.5) is 0 Å². The van der Waals surface area contributed by atoms with Gasteiger partial charge in [-0.15, -0.1) is 6.42 Å². The van der Waals surface area contributed by atoms with Crippen LogP contribution in [0.15, 0.2) is 22.5 Å². The molecule has 0 aliphatic carbocycles. The molecule has 1 N–H and O–H groups in total. The predicted octanol–water partition coefficient (Wildman–Crippen LogP) is 1.84. The molecule has 0 saturated carbocycles. The molecule has 0 rings (SSSR count). The standard InChI is InChI=1S/C15H22N2O2/c1-8-9-16-15(19)14(18)11(4)13(6)17(7)12(5)10(2)3/h1H,9H2,2-7H3,(H,16,19)/b13-11+. The largest absolute Gasteiger partial charge is 0.352 e. The van der Waals surface area contributed by atoms with Crippen LogP contribution in [0.2, 0.25) is 0 Å². The third kappa shape index (κ3) is 4.63. The molecule has 4 nitrogen and oxygen atoms in total. The van der Waals surface area contributed by atoms with Crippen molar-refractivity contribution in [3.8, 4) is 12.3 Å². The molecule has 19 heavy (non-hydrogen) atoms. The molecule has 104 valence electrons. The lowest BCUT2D eigenvalue weighted by atomic mass is 10.1. The number of allylic oxidation sites excluding steroid dienone is 3. The Morgan fingerprint density at radius 2 is 1.63 bits per heavy atom. The van der Waals surface area contributed by atoms with Crippen LogP contribution in [0.25, 0.3) is 0 Å². The Morgan fingerprint density at radius 1 is 1.11 bits per heavy atom. The molecule has 0 spiro atoms. The van der Waals surface area contributed by atoms with Gasteiger partial charge in [-0.3, -0.25) is 9.59 Å². The van der Waals surface area contributed by atoms with Gasteiger partial charge in [0.15, 0.2) is 0 Å². The van der Waals surface area contributed by atoms with Crippen molar-refractivity contribution in [2.75, 3.05) is 13.6 Å². The normalized spacial score (nSPS) is 11.0. The topological polar surface area (TPSA) is 49.4 Å². The van der Waals surface area contributed by atoms with Gasteiger partial charge in [0.1, 0.15) is 0 Å². The molecule has 0 atom stereocenters. The third-order valence-electron chi connectivity index (χ3n) is 3.17. The van der Waals surface area contributed by atoms with Gasteiger partial charge in [-0.1, -0.05) is 11.5 Å². The van der Waals surface area contributed by atoms with E-state index in [-0.39, 0.29) is 6.54 Å². The van der Waals surface area contributed by atoms with E-state index in [1.54, 1.807) is 6.92 Å². The van der Waals surface area contributed by atoms with Crippen LogP contribution in [0.1, 0.15) is 34.6 Å². The molecule has 0 saturated heterocycles. The summed E-state index contributed by atoms with van der Waals surface area (Å²) in [4.78, 5) is 25.4. The first-order valence-electron chi connectivity index (χ1n) is 6.05. The van der Waals surface area contributed by atoms with Crippen molar-refractivity contribution in [3.63, 3.8) is 0 Å². The molecule has 1 amide bonds. The Hall–Kier alpha value is -2.02. The monoisotopic (exact) mass is 262 g/mol. The van der Waals surface area contributed by atoms with Gasteiger partial charge in [0.25, 0.3) is 5.91 Å². The lowest BCUT2D eigenvalue weighted by Crippen LogP contribution is -2.33. The van der Waals surface area contributed by atoms with E-state index in [4.69, 9.17) is 6.42 Å². The minimum absolute atomic E-state index is 0.0553. The molecule has 0 aromatic rings. The van der Waals surface area contributed by atoms with E-state index in [1.807, 2.05) is 39.6 Å². The second kappa shape index (κ2) is 7.42. The maximum absolute atomic E-state index is 11.9. The molecule has 0 aliphatic rings. The van der Waals surface area contributed by atoms with E-state index in [1.165, 1.54) is 0 Å². The van der Waals surface area contributed by atoms with Gasteiger partial charge in [0.2, 0.25) is 5.78 Å². The number of nitrogens with zero attached hydrogens (tertiary/aromatic N) is 1. The Labute approximate surface area is 115 Å². The number of hydrogen-bond acceptors (Lipinski definition) is 3. The van der Waals surface area contributed by atoms with Crippen molar-refractivity contribution in [3.05, 3.63) is 22.5 Å². The molecule has 0 aromatic carbocycles. The van der Waals surface area contributed by atoms with Crippen LogP contribution in [-0.4, -0.2) is 30.2 Å². The fourth-order valence-corrected chi connectivity index (χ4v) is 1.38. The van der Waals surface area contributed by atoms with Gasteiger partial charge in [-0.05, 0) is 34.6 Å². The predicted molar refractivity (Wildman–Crippen MR) is 77.0 cm³/mol. The maximum Gasteiger partial charge on any atom is 0.292 e. The Morgan fingerprint density at radius 3 is 2.05 bits per heavy atom. The average Bonchev–Trinajstić information content (AvgIpc) is 2.40. The van der Waals surface area contributed by atoms with Crippen LogP contribution in [0.3, 0.4) is 0 Å². The summed E-state index contributed by atoms with van der Waals surface area (Å²) in [5.41, 5.74) is 3.37. The quantitative estimate of drug-likeness (QED) is 0.467. The zero-order valence-electron chi connectivity index (χ0n) is 12.5. The van der Waals surface area contributed by atoms with Gasteiger partial charge in [0, 0.05) is 24.0 Å². The lowest BCUT2D eigenvalue weighted by Gasteiger charge is -2.23. The van der Waals surface area contributed by atoms with Gasteiger partial charge < -0.3 is 10.2 Å². The van der Waals surface area contributed by atoms with E-state index in [9.17, 15) is 9.59 Å². The highest BCUT2D eigenvalue weighted by Gasteiger charge is 2.18. The number of terminal acetylenes is 1. The number of carbonyl (C=O) groups is 2. The third-order valence-corrected chi connectivity index (χ3v) is 3.17. The van der Waals surface area contributed by atoms with Crippen LogP contribution < -0.4 is 5.32 Å². The Bertz CT molecular complexity index is 475. The first-order valence-corrected chi connectivity index (χ1v) is 6.05. The lowest BCUT2D eigenvalue weighted by molar-refractivity contribution is -0.135. The smallest absolute Gasteiger partial charge is 0.292 e. The van der Waals surface area contributed by atoms with Crippen molar-refractivity contribution < 1.29 is 9.59 Å². The first-order chi connectivity index (χ1) is 8.73. The fourth-order valence-electron chi connectivity index (χ4n) is 1.38. The molecule has 0 aliphatic heterocycles. The second-order valence-electron chi connectivity index (χ2n) is 4.57. The molecule has 0 bridgehead atoms. The summed E-state index contributed by atoms with van der Waals surface area (Å²) in [6.45, 7) is 9.47. The molecule has 4 heteroatoms. The van der Waals surface area contributed by atoms with Crippen LogP contribution in [-0.2, 0) is 9.59 Å². The van der Waals surface area contributed by atoms with Gasteiger partial charge in [0.05, 0.1) is 6.54 Å². The number of hydrogen-bond donors (Lipinski definition) is 1. The van der Waals surface area contributed by atoms with Gasteiger partial charge in [-0.2, -0.15) is 0 Å². The first kappa shape index (κ1) is 17.0. The number of rotatable bonds is 5. The van der Waals surface area contributed by atoms with E-state index in [0.717, 1.165) is 17.0 Å². The van der Waals surface area contributed by atoms with E-state index in [0.29, 0.717) is 5.57 Å². The molecule has 0 heterocycles. The zero-order chi connectivity index (χ0) is 15.2. The van der Waals surface area contributed by atoms with Crippen molar-refractivity contribution in [2.45, 2.75) is 34.6 Å². The molecular formula is C15H22N2O2. The van der Waals surface area contributed by atoms with Gasteiger partial charge >= 0.3 is 0 Å². The number of carbonyl (C=O) groups excluding carboxylic acids is 2. The zero-order valence-corrected chi connectivity index (χ0v) is 12.5. The highest BCUT2D eigenvalue weighted by atomic mass is 16.2. The van der Waals surface area contributed by atoms with E-state index in [2.05, 4.69) is 11.2 Å². The fraction of sp³-hybridized carbons (Fsp3) is 0.467. The SMILES string of the molecule is C#CCNC(=O)C(=O)/C(C)=C(\C)N(C)C(C)=C(C)C. The minimum Gasteiger partial charge on any atom is -0.352 e. The summed E-state index contributed by atoms with van der Waals surface area (Å²) in [5, 5.41) is 2.37. The number of amides is 1. The summed E-state index contributed by atoms with van der Waals surface area (Å²) in [5.74, 6) is 1.04. The number of ketones is 1. The molecular weight excluding hydrogens is 240 g/mol. The highest BCUT2D eigenvalue weighted by Crippen LogP contribution is 2.16. The van der Waals surface area contributed by atoms with E-state index < -0.39 is 11.7 Å². The second-order valence-corrected chi connectivity index (χ2v) is 4.57. The minimum atomic E-state index is -0.668. The summed E-state index contributed by atoms with van der Waals surface area (Å²) >= 11 is 0. The molecule has 0 aromatic heterocycles. The average molecular weight is 262 g/mol. The van der Waals surface area contributed by atoms with Gasteiger partial charge in [-0.25, -0.2) is 0 Å². The Kier molecular flexibility index (Phi) is 6.63. The van der Waals surface area contributed by atoms with Crippen molar-refractivity contribution >= 4 is 11.7 Å².